The molecule has 0 aliphatic rings. The third-order valence-electron chi connectivity index (χ3n) is 1.02. The summed E-state index contributed by atoms with van der Waals surface area (Å²) in [4.78, 5) is 21.1. The Bertz CT molecular complexity index is 200. The molecule has 0 aromatic carbocycles. The van der Waals surface area contributed by atoms with Crippen molar-refractivity contribution in [2.75, 3.05) is 0 Å². The summed E-state index contributed by atoms with van der Waals surface area (Å²) < 4.78 is 0. The number of allylic oxidation sites excluding steroid dienone is 4. The monoisotopic (exact) mass is 152 g/mol. The second-order valence-corrected chi connectivity index (χ2v) is 2.18. The largest absolute Gasteiger partial charge is 0.295 e. The Morgan fingerprint density at radius 1 is 1.27 bits per heavy atom. The minimum atomic E-state index is -0.0294. The highest BCUT2D eigenvalue weighted by Crippen LogP contribution is 1.88. The quantitative estimate of drug-likeness (QED) is 0.574. The van der Waals surface area contributed by atoms with Gasteiger partial charge in [0.05, 0.1) is 0 Å². The van der Waals surface area contributed by atoms with Gasteiger partial charge in [0.25, 0.3) is 0 Å². The zero-order valence-corrected chi connectivity index (χ0v) is 6.83. The number of rotatable bonds is 4. The van der Waals surface area contributed by atoms with E-state index in [4.69, 9.17) is 0 Å². The fraction of sp³-hybridized carbons (Fsp3) is 0.333. The van der Waals surface area contributed by atoms with Crippen LogP contribution in [0.4, 0.5) is 0 Å². The van der Waals surface area contributed by atoms with Crippen LogP contribution in [0.5, 0.6) is 0 Å². The lowest BCUT2D eigenvalue weighted by molar-refractivity contribution is -0.113. The summed E-state index contributed by atoms with van der Waals surface area (Å²) in [5, 5.41) is 0. The maximum Gasteiger partial charge on any atom is 0.159 e. The van der Waals surface area contributed by atoms with Crippen molar-refractivity contribution in [1.82, 2.24) is 0 Å². The van der Waals surface area contributed by atoms with Crippen LogP contribution in [0.15, 0.2) is 24.3 Å². The first-order valence-corrected chi connectivity index (χ1v) is 3.49. The van der Waals surface area contributed by atoms with Crippen LogP contribution in [0.3, 0.4) is 0 Å². The predicted molar refractivity (Wildman–Crippen MR) is 44.3 cm³/mol. The highest BCUT2D eigenvalue weighted by atomic mass is 16.1. The smallest absolute Gasteiger partial charge is 0.159 e. The van der Waals surface area contributed by atoms with Crippen LogP contribution < -0.4 is 0 Å². The van der Waals surface area contributed by atoms with E-state index in [1.54, 1.807) is 19.1 Å². The van der Waals surface area contributed by atoms with Gasteiger partial charge in [0, 0.05) is 6.42 Å². The van der Waals surface area contributed by atoms with E-state index in [9.17, 15) is 9.59 Å². The van der Waals surface area contributed by atoms with Gasteiger partial charge >= 0.3 is 0 Å². The fourth-order valence-electron chi connectivity index (χ4n) is 0.595. The van der Waals surface area contributed by atoms with E-state index < -0.39 is 0 Å². The average molecular weight is 152 g/mol. The number of ketones is 2. The summed E-state index contributed by atoms with van der Waals surface area (Å²) in [6.07, 6.45) is 6.46. The van der Waals surface area contributed by atoms with Crippen molar-refractivity contribution in [3.8, 4) is 0 Å². The van der Waals surface area contributed by atoms with Crippen LogP contribution in [-0.4, -0.2) is 11.6 Å². The highest BCUT2D eigenvalue weighted by Gasteiger charge is 1.90. The molecule has 2 heteroatoms. The second kappa shape index (κ2) is 5.59. The number of hydrogen-bond acceptors (Lipinski definition) is 2. The van der Waals surface area contributed by atoms with Crippen LogP contribution in [0, 0.1) is 0 Å². The lowest BCUT2D eigenvalue weighted by Crippen LogP contribution is -1.89. The van der Waals surface area contributed by atoms with Gasteiger partial charge in [-0.15, -0.1) is 0 Å². The van der Waals surface area contributed by atoms with Gasteiger partial charge in [-0.1, -0.05) is 12.2 Å². The Morgan fingerprint density at radius 2 is 1.91 bits per heavy atom. The Morgan fingerprint density at radius 3 is 2.36 bits per heavy atom. The molecule has 0 saturated heterocycles. The summed E-state index contributed by atoms with van der Waals surface area (Å²) in [5.74, 6) is -0.0109. The molecule has 0 saturated carbocycles. The maximum absolute atomic E-state index is 10.8. The summed E-state index contributed by atoms with van der Waals surface area (Å²) >= 11 is 0. The molecular formula is C9H12O2. The van der Waals surface area contributed by atoms with Gasteiger partial charge in [-0.2, -0.15) is 0 Å². The second-order valence-electron chi connectivity index (χ2n) is 2.18. The van der Waals surface area contributed by atoms with Gasteiger partial charge in [-0.05, 0) is 26.0 Å². The van der Waals surface area contributed by atoms with E-state index in [1.807, 2.05) is 0 Å². The van der Waals surface area contributed by atoms with E-state index >= 15 is 0 Å². The van der Waals surface area contributed by atoms with E-state index in [0.29, 0.717) is 6.42 Å². The standard InChI is InChI=1S/C9H12O2/c1-3-5-9(11)7-4-6-8(2)10/h3-6H,7H2,1-2H3/b5-3+,6-4+. The van der Waals surface area contributed by atoms with Gasteiger partial charge in [0.1, 0.15) is 0 Å². The molecule has 0 radical (unpaired) electrons. The minimum Gasteiger partial charge on any atom is -0.295 e. The zero-order valence-electron chi connectivity index (χ0n) is 6.83. The Kier molecular flexibility index (Phi) is 4.99. The Hall–Kier alpha value is -1.18. The molecule has 0 aromatic rings. The number of carbonyl (C=O) groups excluding carboxylic acids is 2. The molecule has 0 unspecified atom stereocenters. The highest BCUT2D eigenvalue weighted by molar-refractivity contribution is 5.92. The molecule has 0 spiro atoms. The molecule has 60 valence electrons. The molecule has 0 aliphatic heterocycles. The van der Waals surface area contributed by atoms with Crippen LogP contribution in [0.1, 0.15) is 20.3 Å². The van der Waals surface area contributed by atoms with Crippen LogP contribution in [0.2, 0.25) is 0 Å². The molecule has 0 heterocycles. The van der Waals surface area contributed by atoms with Gasteiger partial charge in [-0.25, -0.2) is 0 Å². The average Bonchev–Trinajstić information content (AvgIpc) is 1.87. The first-order valence-electron chi connectivity index (χ1n) is 3.49. The van der Waals surface area contributed by atoms with E-state index in [2.05, 4.69) is 0 Å². The normalized spacial score (nSPS) is 11.1. The Labute approximate surface area is 66.6 Å². The molecule has 0 amide bonds. The SMILES string of the molecule is C/C=C/C(=O)C/C=C/C(C)=O. The predicted octanol–water partition coefficient (Wildman–Crippen LogP) is 1.67. The van der Waals surface area contributed by atoms with Crippen molar-refractivity contribution in [1.29, 1.82) is 0 Å². The van der Waals surface area contributed by atoms with E-state index in [1.165, 1.54) is 19.1 Å². The van der Waals surface area contributed by atoms with Gasteiger partial charge in [-0.3, -0.25) is 9.59 Å². The zero-order chi connectivity index (χ0) is 8.69. The fourth-order valence-corrected chi connectivity index (χ4v) is 0.595. The van der Waals surface area contributed by atoms with Crippen LogP contribution in [-0.2, 0) is 9.59 Å². The van der Waals surface area contributed by atoms with Gasteiger partial charge in [0.2, 0.25) is 0 Å². The molecule has 0 aliphatic carbocycles. The van der Waals surface area contributed by atoms with E-state index in [0.717, 1.165) is 0 Å². The first kappa shape index (κ1) is 9.82. The molecule has 0 N–H and O–H groups in total. The molecule has 0 bridgehead atoms. The van der Waals surface area contributed by atoms with Crippen molar-refractivity contribution in [2.24, 2.45) is 0 Å². The molecule has 0 aromatic heterocycles. The van der Waals surface area contributed by atoms with Gasteiger partial charge < -0.3 is 0 Å². The first-order chi connectivity index (χ1) is 5.16. The molecule has 0 fully saturated rings. The lowest BCUT2D eigenvalue weighted by Gasteiger charge is -1.84. The summed E-state index contributed by atoms with van der Waals surface area (Å²) in [6, 6.07) is 0. The summed E-state index contributed by atoms with van der Waals surface area (Å²) in [7, 11) is 0. The van der Waals surface area contributed by atoms with Crippen molar-refractivity contribution in [2.45, 2.75) is 20.3 Å². The topological polar surface area (TPSA) is 34.1 Å². The summed E-state index contributed by atoms with van der Waals surface area (Å²) in [6.45, 7) is 3.24. The van der Waals surface area contributed by atoms with Crippen molar-refractivity contribution in [3.05, 3.63) is 24.3 Å². The molecule has 2 nitrogen and oxygen atoms in total. The van der Waals surface area contributed by atoms with Crippen LogP contribution in [0.25, 0.3) is 0 Å². The Balaban J connectivity index is 3.70. The number of hydrogen-bond donors (Lipinski definition) is 0. The van der Waals surface area contributed by atoms with E-state index in [-0.39, 0.29) is 11.6 Å². The third-order valence-corrected chi connectivity index (χ3v) is 1.02. The van der Waals surface area contributed by atoms with Crippen molar-refractivity contribution in [3.63, 3.8) is 0 Å². The number of carbonyl (C=O) groups is 2. The van der Waals surface area contributed by atoms with Crippen LogP contribution >= 0.6 is 0 Å². The molecule has 0 atom stereocenters. The third kappa shape index (κ3) is 6.71. The minimum absolute atomic E-state index is 0.0185. The van der Waals surface area contributed by atoms with Crippen molar-refractivity contribution >= 4 is 11.6 Å². The maximum atomic E-state index is 10.8. The molecule has 0 rings (SSSR count). The molecular weight excluding hydrogens is 140 g/mol. The summed E-state index contributed by atoms with van der Waals surface area (Å²) in [5.41, 5.74) is 0. The molecule has 11 heavy (non-hydrogen) atoms. The van der Waals surface area contributed by atoms with Gasteiger partial charge in [0.15, 0.2) is 11.6 Å². The lowest BCUT2D eigenvalue weighted by atomic mass is 10.2. The van der Waals surface area contributed by atoms with Crippen molar-refractivity contribution < 1.29 is 9.59 Å².